The second-order valence-electron chi connectivity index (χ2n) is 4.60. The predicted octanol–water partition coefficient (Wildman–Crippen LogP) is 3.24. The van der Waals surface area contributed by atoms with E-state index in [4.69, 9.17) is 9.47 Å². The Bertz CT molecular complexity index is 494. The minimum absolute atomic E-state index is 0.0471. The van der Waals surface area contributed by atoms with Gasteiger partial charge in [-0.25, -0.2) is 0 Å². The number of amides is 1. The number of ether oxygens (including phenoxy) is 2. The Hall–Kier alpha value is -1.97. The van der Waals surface area contributed by atoms with Crippen LogP contribution in [0.1, 0.15) is 38.8 Å². The molecule has 1 rings (SSSR count). The fourth-order valence-electron chi connectivity index (χ4n) is 1.91. The summed E-state index contributed by atoms with van der Waals surface area (Å²) >= 11 is 0. The van der Waals surface area contributed by atoms with Crippen LogP contribution in [0.25, 0.3) is 0 Å². The van der Waals surface area contributed by atoms with Crippen LogP contribution >= 0.6 is 0 Å². The Balaban J connectivity index is 2.85. The number of hydrogen-bond donors (Lipinski definition) is 1. The van der Waals surface area contributed by atoms with E-state index < -0.39 is 0 Å². The molecular formula is C16H23NO3. The molecule has 1 N–H and O–H groups in total. The highest BCUT2D eigenvalue weighted by atomic mass is 16.5. The zero-order valence-electron chi connectivity index (χ0n) is 12.8. The molecule has 4 heteroatoms. The summed E-state index contributed by atoms with van der Waals surface area (Å²) in [7, 11) is 3.20. The van der Waals surface area contributed by atoms with E-state index in [0.29, 0.717) is 11.5 Å². The van der Waals surface area contributed by atoms with Crippen molar-refractivity contribution in [3.63, 3.8) is 0 Å². The Kier molecular flexibility index (Phi) is 6.10. The number of hydrogen-bond acceptors (Lipinski definition) is 3. The summed E-state index contributed by atoms with van der Waals surface area (Å²) in [4.78, 5) is 12.0. The molecule has 0 heterocycles. The lowest BCUT2D eigenvalue weighted by atomic mass is 10.1. The summed E-state index contributed by atoms with van der Waals surface area (Å²) in [5, 5.41) is 2.97. The average molecular weight is 277 g/mol. The molecule has 0 fully saturated rings. The van der Waals surface area contributed by atoms with E-state index >= 15 is 0 Å². The number of carbonyl (C=O) groups excluding carboxylic acids is 1. The molecule has 20 heavy (non-hydrogen) atoms. The molecular weight excluding hydrogens is 254 g/mol. The van der Waals surface area contributed by atoms with Crippen LogP contribution < -0.4 is 14.8 Å². The molecule has 1 aromatic rings. The summed E-state index contributed by atoms with van der Waals surface area (Å²) in [6.45, 7) is 5.77. The number of carbonyl (C=O) groups is 1. The Labute approximate surface area is 120 Å². The van der Waals surface area contributed by atoms with Crippen molar-refractivity contribution < 1.29 is 14.3 Å². The van der Waals surface area contributed by atoms with Gasteiger partial charge >= 0.3 is 0 Å². The zero-order chi connectivity index (χ0) is 15.1. The smallest absolute Gasteiger partial charge is 0.247 e. The monoisotopic (exact) mass is 277 g/mol. The highest BCUT2D eigenvalue weighted by Gasteiger charge is 2.13. The van der Waals surface area contributed by atoms with Gasteiger partial charge in [0.15, 0.2) is 11.5 Å². The van der Waals surface area contributed by atoms with Gasteiger partial charge in [-0.3, -0.25) is 4.79 Å². The van der Waals surface area contributed by atoms with Gasteiger partial charge in [-0.05, 0) is 38.0 Å². The van der Waals surface area contributed by atoms with Gasteiger partial charge in [0.1, 0.15) is 0 Å². The number of methoxy groups -OCH3 is 2. The van der Waals surface area contributed by atoms with Crippen LogP contribution in [0.15, 0.2) is 29.8 Å². The fourth-order valence-corrected chi connectivity index (χ4v) is 1.91. The van der Waals surface area contributed by atoms with Crippen molar-refractivity contribution in [1.82, 2.24) is 5.32 Å². The van der Waals surface area contributed by atoms with Crippen LogP contribution in [0.5, 0.6) is 11.5 Å². The van der Waals surface area contributed by atoms with Gasteiger partial charge in [0.05, 0.1) is 20.3 Å². The van der Waals surface area contributed by atoms with Gasteiger partial charge in [-0.1, -0.05) is 19.1 Å². The van der Waals surface area contributed by atoms with E-state index in [1.54, 1.807) is 14.2 Å². The molecule has 0 aliphatic carbocycles. The summed E-state index contributed by atoms with van der Waals surface area (Å²) in [6, 6.07) is 5.54. The molecule has 0 aromatic heterocycles. The van der Waals surface area contributed by atoms with E-state index in [9.17, 15) is 4.79 Å². The van der Waals surface area contributed by atoms with Crippen molar-refractivity contribution in [1.29, 1.82) is 0 Å². The third kappa shape index (κ3) is 4.02. The summed E-state index contributed by atoms with van der Waals surface area (Å²) in [5.74, 6) is 1.29. The minimum atomic E-state index is -0.0949. The highest BCUT2D eigenvalue weighted by molar-refractivity contribution is 5.93. The molecule has 1 atom stereocenters. The van der Waals surface area contributed by atoms with E-state index in [1.165, 1.54) is 0 Å². The van der Waals surface area contributed by atoms with Crippen molar-refractivity contribution in [3.05, 3.63) is 35.4 Å². The molecule has 0 saturated carbocycles. The topological polar surface area (TPSA) is 47.6 Å². The number of nitrogens with one attached hydrogen (secondary N) is 1. The SMILES string of the molecule is CC/C=C(/C)C(=O)N[C@@H](C)c1ccc(OC)c(OC)c1. The number of benzene rings is 1. The average Bonchev–Trinajstić information content (AvgIpc) is 2.46. The van der Waals surface area contributed by atoms with Gasteiger partial charge < -0.3 is 14.8 Å². The second kappa shape index (κ2) is 7.58. The van der Waals surface area contributed by atoms with Crippen molar-refractivity contribution in [3.8, 4) is 11.5 Å². The molecule has 110 valence electrons. The standard InChI is InChI=1S/C16H23NO3/c1-6-7-11(2)16(18)17-12(3)13-8-9-14(19-4)15(10-13)20-5/h7-10,12H,6H2,1-5H3,(H,17,18)/b11-7-/t12-/m0/s1. The lowest BCUT2D eigenvalue weighted by Gasteiger charge is -2.16. The van der Waals surface area contributed by atoms with E-state index in [0.717, 1.165) is 17.6 Å². The highest BCUT2D eigenvalue weighted by Crippen LogP contribution is 2.29. The molecule has 0 saturated heterocycles. The second-order valence-corrected chi connectivity index (χ2v) is 4.60. The van der Waals surface area contributed by atoms with Gasteiger partial charge in [0, 0.05) is 5.57 Å². The van der Waals surface area contributed by atoms with Crippen LogP contribution in [-0.2, 0) is 4.79 Å². The summed E-state index contributed by atoms with van der Waals surface area (Å²) < 4.78 is 10.5. The summed E-state index contributed by atoms with van der Waals surface area (Å²) in [5.41, 5.74) is 1.71. The maximum absolute atomic E-state index is 12.0. The quantitative estimate of drug-likeness (QED) is 0.812. The molecule has 1 aromatic carbocycles. The van der Waals surface area contributed by atoms with Gasteiger partial charge in [0.25, 0.3) is 0 Å². The van der Waals surface area contributed by atoms with Crippen LogP contribution in [0, 0.1) is 0 Å². The molecule has 1 amide bonds. The first-order valence-corrected chi connectivity index (χ1v) is 6.73. The van der Waals surface area contributed by atoms with Crippen LogP contribution in [0.4, 0.5) is 0 Å². The Morgan fingerprint density at radius 2 is 1.95 bits per heavy atom. The fraction of sp³-hybridized carbons (Fsp3) is 0.438. The first-order chi connectivity index (χ1) is 9.53. The molecule has 0 radical (unpaired) electrons. The van der Waals surface area contributed by atoms with Crippen molar-refractivity contribution in [2.75, 3.05) is 14.2 Å². The maximum Gasteiger partial charge on any atom is 0.247 e. The maximum atomic E-state index is 12.0. The Morgan fingerprint density at radius 1 is 1.30 bits per heavy atom. The van der Waals surface area contributed by atoms with E-state index in [2.05, 4.69) is 5.32 Å². The van der Waals surface area contributed by atoms with Crippen molar-refractivity contribution in [2.45, 2.75) is 33.2 Å². The third-order valence-corrected chi connectivity index (χ3v) is 3.12. The van der Waals surface area contributed by atoms with Crippen molar-refractivity contribution in [2.24, 2.45) is 0 Å². The van der Waals surface area contributed by atoms with Gasteiger partial charge in [0.2, 0.25) is 5.91 Å². The van der Waals surface area contributed by atoms with Gasteiger partial charge in [-0.2, -0.15) is 0 Å². The third-order valence-electron chi connectivity index (χ3n) is 3.12. The first kappa shape index (κ1) is 16.1. The molecule has 0 aliphatic heterocycles. The van der Waals surface area contributed by atoms with E-state index in [1.807, 2.05) is 45.0 Å². The molecule has 0 unspecified atom stereocenters. The van der Waals surface area contributed by atoms with Crippen molar-refractivity contribution >= 4 is 5.91 Å². The number of allylic oxidation sites excluding steroid dienone is 1. The normalized spacial score (nSPS) is 12.8. The summed E-state index contributed by atoms with van der Waals surface area (Å²) in [6.07, 6.45) is 2.76. The molecule has 0 bridgehead atoms. The predicted molar refractivity (Wildman–Crippen MR) is 80.2 cm³/mol. The van der Waals surface area contributed by atoms with Crippen LogP contribution in [-0.4, -0.2) is 20.1 Å². The lowest BCUT2D eigenvalue weighted by molar-refractivity contribution is -0.118. The molecule has 4 nitrogen and oxygen atoms in total. The van der Waals surface area contributed by atoms with Crippen LogP contribution in [0.2, 0.25) is 0 Å². The Morgan fingerprint density at radius 3 is 2.50 bits per heavy atom. The van der Waals surface area contributed by atoms with E-state index in [-0.39, 0.29) is 11.9 Å². The van der Waals surface area contributed by atoms with Gasteiger partial charge in [-0.15, -0.1) is 0 Å². The molecule has 0 aliphatic rings. The largest absolute Gasteiger partial charge is 0.493 e. The molecule has 0 spiro atoms. The van der Waals surface area contributed by atoms with Crippen LogP contribution in [0.3, 0.4) is 0 Å². The lowest BCUT2D eigenvalue weighted by Crippen LogP contribution is -2.27. The first-order valence-electron chi connectivity index (χ1n) is 6.73. The zero-order valence-corrected chi connectivity index (χ0v) is 12.8. The minimum Gasteiger partial charge on any atom is -0.493 e. The number of rotatable bonds is 6.